The van der Waals surface area contributed by atoms with Crippen LogP contribution in [-0.4, -0.2) is 79.6 Å². The van der Waals surface area contributed by atoms with Crippen LogP contribution in [0.2, 0.25) is 0 Å². The summed E-state index contributed by atoms with van der Waals surface area (Å²) >= 11 is 0. The minimum atomic E-state index is -1.02. The van der Waals surface area contributed by atoms with Crippen molar-refractivity contribution in [2.24, 2.45) is 40.7 Å². The van der Waals surface area contributed by atoms with E-state index in [0.29, 0.717) is 43.1 Å². The summed E-state index contributed by atoms with van der Waals surface area (Å²) < 4.78 is 6.70. The van der Waals surface area contributed by atoms with Crippen LogP contribution in [-0.2, 0) is 6.42 Å². The predicted octanol–water partition coefficient (Wildman–Crippen LogP) is 5.77. The number of rotatable bonds is 7. The van der Waals surface area contributed by atoms with Gasteiger partial charge in [-0.3, -0.25) is 0 Å². The number of aromatic hydroxyl groups is 1. The van der Waals surface area contributed by atoms with Gasteiger partial charge in [0.1, 0.15) is 11.9 Å². The summed E-state index contributed by atoms with van der Waals surface area (Å²) in [4.78, 5) is 3.34. The smallest absolute Gasteiger partial charge is 0.161 e. The van der Waals surface area contributed by atoms with E-state index in [1.807, 2.05) is 24.4 Å². The zero-order chi connectivity index (χ0) is 37.8. The van der Waals surface area contributed by atoms with E-state index in [-0.39, 0.29) is 53.1 Å². The molecule has 1 aromatic heterocycles. The zero-order valence-corrected chi connectivity index (χ0v) is 32.8. The number of benzene rings is 1. The average molecular weight is 776 g/mol. The third kappa shape index (κ3) is 8.54. The zero-order valence-electron chi connectivity index (χ0n) is 31.2. The monoisotopic (exact) mass is 775 g/mol. The van der Waals surface area contributed by atoms with Gasteiger partial charge in [0.25, 0.3) is 0 Å². The van der Waals surface area contributed by atoms with Crippen molar-refractivity contribution >= 4 is 21.6 Å². The molecule has 3 heterocycles. The number of fused-ring (bicyclic) bond motifs is 5. The molecule has 5 aliphatic rings. The first-order chi connectivity index (χ1) is 26.2. The Morgan fingerprint density at radius 3 is 2.72 bits per heavy atom. The fourth-order valence-electron chi connectivity index (χ4n) is 9.51. The Labute approximate surface area is 327 Å². The number of aliphatic hydroxyl groups is 4. The van der Waals surface area contributed by atoms with E-state index in [1.54, 1.807) is 27.7 Å². The average Bonchev–Trinajstić information content (AvgIpc) is 3.52. The molecule has 2 aromatic rings. The minimum Gasteiger partial charge on any atom is -0.504 e. The lowest BCUT2D eigenvalue weighted by Gasteiger charge is -2.34. The SMILES string of the molecule is CC[C@@]12C#C[C@@H]3C=C[C@H](c4ccc(O)c(O[C@@H]5C[C@H](Cc6ccc[nH]6)C6=CCNC(N)=C6CSSC[C@H](CO)[C@H]5O)c4)C[C@@H](O)[C@H]3[C@@H](O)[C@@H](CCC1)CC2. The Morgan fingerprint density at radius 1 is 1.06 bits per heavy atom. The predicted molar refractivity (Wildman–Crippen MR) is 216 cm³/mol. The second kappa shape index (κ2) is 17.4. The van der Waals surface area contributed by atoms with Gasteiger partial charge >= 0.3 is 0 Å². The molecule has 9 nitrogen and oxygen atoms in total. The van der Waals surface area contributed by atoms with Crippen LogP contribution >= 0.6 is 21.6 Å². The van der Waals surface area contributed by atoms with Crippen LogP contribution in [0.15, 0.2) is 71.7 Å². The molecule has 0 amide bonds. The molecule has 1 saturated carbocycles. The molecule has 1 aromatic carbocycles. The number of hydrogen-bond acceptors (Lipinski definition) is 10. The van der Waals surface area contributed by atoms with Crippen molar-refractivity contribution in [1.82, 2.24) is 10.3 Å². The molecule has 2 fully saturated rings. The number of aromatic amines is 1. The largest absolute Gasteiger partial charge is 0.504 e. The van der Waals surface area contributed by atoms with Gasteiger partial charge in [-0.2, -0.15) is 0 Å². The van der Waals surface area contributed by atoms with Crippen molar-refractivity contribution in [2.45, 2.75) is 95.0 Å². The second-order valence-corrected chi connectivity index (χ2v) is 18.6. The molecule has 1 saturated heterocycles. The van der Waals surface area contributed by atoms with Gasteiger partial charge in [0, 0.05) is 71.2 Å². The lowest BCUT2D eigenvalue weighted by atomic mass is 9.76. The molecule has 2 bridgehead atoms. The molecule has 292 valence electrons. The summed E-state index contributed by atoms with van der Waals surface area (Å²) in [7, 11) is 3.26. The van der Waals surface area contributed by atoms with Crippen molar-refractivity contribution < 1.29 is 30.3 Å². The molecule has 2 aliphatic heterocycles. The summed E-state index contributed by atoms with van der Waals surface area (Å²) in [5, 5.41) is 60.6. The normalized spacial score (nSPS) is 35.9. The molecule has 3 aliphatic carbocycles. The molecule has 11 atom stereocenters. The Hall–Kier alpha value is -2.98. The van der Waals surface area contributed by atoms with Gasteiger partial charge in [-0.15, -0.1) is 0 Å². The third-order valence-corrected chi connectivity index (χ3v) is 15.3. The highest BCUT2D eigenvalue weighted by Gasteiger charge is 2.43. The molecule has 0 spiro atoms. The first kappa shape index (κ1) is 39.3. The van der Waals surface area contributed by atoms with Gasteiger partial charge in [-0.25, -0.2) is 0 Å². The number of nitrogens with two attached hydrogens (primary N) is 1. The Kier molecular flexibility index (Phi) is 12.7. The molecule has 0 unspecified atom stereocenters. The van der Waals surface area contributed by atoms with E-state index in [2.05, 4.69) is 53.4 Å². The summed E-state index contributed by atoms with van der Waals surface area (Å²) in [5.41, 5.74) is 10.6. The first-order valence-electron chi connectivity index (χ1n) is 19.8. The van der Waals surface area contributed by atoms with Gasteiger partial charge in [0.15, 0.2) is 11.5 Å². The molecule has 54 heavy (non-hydrogen) atoms. The summed E-state index contributed by atoms with van der Waals surface area (Å²) in [6, 6.07) is 9.32. The number of ether oxygens (including phenoxy) is 1. The summed E-state index contributed by atoms with van der Waals surface area (Å²) in [6.07, 6.45) is 12.5. The summed E-state index contributed by atoms with van der Waals surface area (Å²) in [6.45, 7) is 2.61. The molecule has 9 N–H and O–H groups in total. The number of allylic oxidation sites excluding steroid dienone is 3. The highest BCUT2D eigenvalue weighted by molar-refractivity contribution is 8.76. The van der Waals surface area contributed by atoms with Gasteiger partial charge < -0.3 is 46.3 Å². The van der Waals surface area contributed by atoms with Crippen molar-refractivity contribution in [3.8, 4) is 23.3 Å². The highest BCUT2D eigenvalue weighted by atomic mass is 33.1. The lowest BCUT2D eigenvalue weighted by Crippen LogP contribution is -2.42. The number of phenolic OH excluding ortho intramolecular Hbond substituents is 1. The second-order valence-electron chi connectivity index (χ2n) is 16.1. The standard InChI is InChI=1S/C43H57N3O6S2/c1-2-43-14-3-5-27(12-16-43)41(51)39-26(11-15-43)7-8-28(20-36(39)49)29-9-10-35(48)37(21-29)52-38-22-30(19-32-6-4-17-45-32)33-13-18-46-42(44)34(33)25-54-53-24-31(23-47)40(38)50/h4,6-10,13,17,21,26-28,30-31,36,38-41,45-51H,2-3,5,12,14,16,18-20,22-25,44H2,1H3/t26-,27-,28-,30-,31-,36+,38+,39-,40+,41-,43-/m0/s1. The van der Waals surface area contributed by atoms with Crippen LogP contribution in [0, 0.1) is 46.8 Å². The van der Waals surface area contributed by atoms with Crippen molar-refractivity contribution in [3.05, 3.63) is 83.0 Å². The van der Waals surface area contributed by atoms with Crippen LogP contribution in [0.4, 0.5) is 0 Å². The van der Waals surface area contributed by atoms with Crippen LogP contribution in [0.5, 0.6) is 11.5 Å². The fraction of sp³-hybridized carbons (Fsp3) is 0.581. The highest BCUT2D eigenvalue weighted by Crippen LogP contribution is 2.46. The van der Waals surface area contributed by atoms with E-state index in [1.165, 1.54) is 0 Å². The number of nitrogens with one attached hydrogen (secondary N) is 2. The van der Waals surface area contributed by atoms with Crippen LogP contribution in [0.1, 0.15) is 75.5 Å². The maximum Gasteiger partial charge on any atom is 0.161 e. The molecular weight excluding hydrogens is 719 g/mol. The van der Waals surface area contributed by atoms with Gasteiger partial charge in [0.05, 0.1) is 18.3 Å². The van der Waals surface area contributed by atoms with Crippen molar-refractivity contribution in [3.63, 3.8) is 0 Å². The topological polar surface area (TPSA) is 164 Å². The van der Waals surface area contributed by atoms with Crippen molar-refractivity contribution in [1.29, 1.82) is 0 Å². The third-order valence-electron chi connectivity index (χ3n) is 12.9. The van der Waals surface area contributed by atoms with E-state index in [9.17, 15) is 25.5 Å². The number of hydrogen-bond donors (Lipinski definition) is 8. The quantitative estimate of drug-likeness (QED) is 0.0984. The number of aromatic nitrogens is 1. The van der Waals surface area contributed by atoms with Crippen LogP contribution in [0.25, 0.3) is 0 Å². The number of H-pyrrole nitrogens is 1. The van der Waals surface area contributed by atoms with E-state index >= 15 is 0 Å². The number of aliphatic hydroxyl groups excluding tert-OH is 4. The van der Waals surface area contributed by atoms with Crippen LogP contribution < -0.4 is 15.8 Å². The van der Waals surface area contributed by atoms with Gasteiger partial charge in [-0.1, -0.05) is 71.1 Å². The van der Waals surface area contributed by atoms with E-state index in [0.717, 1.165) is 60.9 Å². The van der Waals surface area contributed by atoms with Crippen molar-refractivity contribution in [2.75, 3.05) is 24.7 Å². The summed E-state index contributed by atoms with van der Waals surface area (Å²) in [5.74, 6) is 8.01. The van der Waals surface area contributed by atoms with Gasteiger partial charge in [0.2, 0.25) is 0 Å². The minimum absolute atomic E-state index is 0.0300. The van der Waals surface area contributed by atoms with Gasteiger partial charge in [-0.05, 0) is 98.6 Å². The number of dihydropyridines is 1. The van der Waals surface area contributed by atoms with E-state index in [4.69, 9.17) is 10.5 Å². The Morgan fingerprint density at radius 2 is 1.93 bits per heavy atom. The maximum absolute atomic E-state index is 11.9. The Bertz CT molecular complexity index is 1750. The van der Waals surface area contributed by atoms with Crippen LogP contribution in [0.3, 0.4) is 0 Å². The molecular formula is C43H57N3O6S2. The molecule has 11 heteroatoms. The maximum atomic E-state index is 11.9. The molecule has 0 radical (unpaired) electrons. The fourth-order valence-corrected chi connectivity index (χ4v) is 12.0. The lowest BCUT2D eigenvalue weighted by molar-refractivity contribution is -0.0344. The van der Waals surface area contributed by atoms with E-state index < -0.39 is 30.3 Å². The first-order valence-corrected chi connectivity index (χ1v) is 22.3. The Balaban J connectivity index is 1.20. The molecule has 7 rings (SSSR count). The number of phenols is 1.